The van der Waals surface area contributed by atoms with Gasteiger partial charge in [-0.05, 0) is 12.8 Å². The van der Waals surface area contributed by atoms with E-state index in [0.29, 0.717) is 5.92 Å². The minimum Gasteiger partial charge on any atom is -0.413 e. The van der Waals surface area contributed by atoms with Crippen molar-refractivity contribution in [3.63, 3.8) is 0 Å². The van der Waals surface area contributed by atoms with Gasteiger partial charge < -0.3 is 4.84 Å². The number of rotatable bonds is 2. The van der Waals surface area contributed by atoms with Crippen LogP contribution in [-0.2, 0) is 9.63 Å². The number of hydrogen-bond donors (Lipinski definition) is 0. The molecule has 1 aliphatic rings. The Balaban J connectivity index is 2.81. The summed E-state index contributed by atoms with van der Waals surface area (Å²) >= 11 is 0. The Morgan fingerprint density at radius 2 is 2.25 bits per heavy atom. The van der Waals surface area contributed by atoms with Crippen LogP contribution in [0.3, 0.4) is 0 Å². The lowest BCUT2D eigenvalue weighted by atomic mass is 9.95. The van der Waals surface area contributed by atoms with Gasteiger partial charge in [0.25, 0.3) is 0 Å². The average Bonchev–Trinajstić information content (AvgIpc) is 2.30. The summed E-state index contributed by atoms with van der Waals surface area (Å²) in [6.07, 6.45) is 1.55. The maximum absolute atomic E-state index is 11.1. The number of carbonyl (C=O) groups excluding carboxylic acids is 1. The van der Waals surface area contributed by atoms with E-state index in [1.54, 1.807) is 18.2 Å². The highest BCUT2D eigenvalue weighted by atomic mass is 16.7. The molecule has 0 aromatic carbocycles. The number of Topliss-reactive ketones (excluding diaryl/α,β-unsaturated/α-hetero) is 1. The number of carbonyl (C=O) groups is 1. The van der Waals surface area contributed by atoms with E-state index in [2.05, 4.69) is 13.8 Å². The Bertz CT molecular complexity index is 221. The van der Waals surface area contributed by atoms with E-state index in [9.17, 15) is 4.79 Å². The normalized spacial score (nSPS) is 24.1. The van der Waals surface area contributed by atoms with Crippen LogP contribution in [0.25, 0.3) is 0 Å². The molecule has 0 fully saturated rings. The molecule has 3 heteroatoms. The summed E-state index contributed by atoms with van der Waals surface area (Å²) in [4.78, 5) is 16.3. The lowest BCUT2D eigenvalue weighted by Gasteiger charge is -2.22. The molecule has 1 unspecified atom stereocenters. The van der Waals surface area contributed by atoms with Gasteiger partial charge in [0.05, 0.1) is 11.6 Å². The molecule has 68 valence electrons. The van der Waals surface area contributed by atoms with E-state index in [0.717, 1.165) is 5.57 Å². The Kier molecular flexibility index (Phi) is 2.52. The molecule has 0 aromatic heterocycles. The van der Waals surface area contributed by atoms with Crippen LogP contribution in [0.5, 0.6) is 0 Å². The Labute approximate surface area is 73.0 Å². The van der Waals surface area contributed by atoms with Crippen molar-refractivity contribution in [1.82, 2.24) is 5.06 Å². The lowest BCUT2D eigenvalue weighted by Crippen LogP contribution is -2.33. The molecule has 1 aliphatic heterocycles. The Morgan fingerprint density at radius 3 is 2.58 bits per heavy atom. The molecule has 0 aromatic rings. The minimum absolute atomic E-state index is 0.0954. The molecule has 0 spiro atoms. The SMILES string of the molecule is CC(=O)C1=CON(C)C1C(C)C. The fraction of sp³-hybridized carbons (Fsp3) is 0.667. The second-order valence-corrected chi connectivity index (χ2v) is 3.47. The van der Waals surface area contributed by atoms with E-state index in [1.807, 2.05) is 7.05 Å². The van der Waals surface area contributed by atoms with Crippen molar-refractivity contribution in [2.75, 3.05) is 7.05 Å². The predicted octanol–water partition coefficient (Wildman–Crippen LogP) is 1.36. The van der Waals surface area contributed by atoms with Crippen LogP contribution in [0.4, 0.5) is 0 Å². The minimum atomic E-state index is 0.0954. The number of hydroxylamine groups is 2. The first-order chi connectivity index (χ1) is 5.54. The molecule has 0 bridgehead atoms. The summed E-state index contributed by atoms with van der Waals surface area (Å²) in [5, 5.41) is 1.72. The fourth-order valence-electron chi connectivity index (χ4n) is 1.54. The molecule has 0 amide bonds. The quantitative estimate of drug-likeness (QED) is 0.625. The zero-order valence-electron chi connectivity index (χ0n) is 8.00. The maximum Gasteiger partial charge on any atom is 0.160 e. The van der Waals surface area contributed by atoms with Gasteiger partial charge in [-0.25, -0.2) is 0 Å². The van der Waals surface area contributed by atoms with Crippen LogP contribution in [0.1, 0.15) is 20.8 Å². The van der Waals surface area contributed by atoms with Crippen molar-refractivity contribution in [3.8, 4) is 0 Å². The van der Waals surface area contributed by atoms with E-state index in [-0.39, 0.29) is 11.8 Å². The first kappa shape index (κ1) is 9.26. The molecule has 0 aliphatic carbocycles. The smallest absolute Gasteiger partial charge is 0.160 e. The van der Waals surface area contributed by atoms with Crippen LogP contribution in [0.2, 0.25) is 0 Å². The van der Waals surface area contributed by atoms with E-state index in [1.165, 1.54) is 0 Å². The molecule has 0 saturated carbocycles. The molecular formula is C9H15NO2. The largest absolute Gasteiger partial charge is 0.413 e. The molecule has 3 nitrogen and oxygen atoms in total. The van der Waals surface area contributed by atoms with Gasteiger partial charge in [0.15, 0.2) is 5.78 Å². The fourth-order valence-corrected chi connectivity index (χ4v) is 1.54. The van der Waals surface area contributed by atoms with Crippen LogP contribution < -0.4 is 0 Å². The van der Waals surface area contributed by atoms with E-state index >= 15 is 0 Å². The molecule has 1 atom stereocenters. The lowest BCUT2D eigenvalue weighted by molar-refractivity contribution is -0.115. The molecule has 1 heterocycles. The highest BCUT2D eigenvalue weighted by Gasteiger charge is 2.31. The molecule has 1 rings (SSSR count). The number of hydrogen-bond acceptors (Lipinski definition) is 3. The predicted molar refractivity (Wildman–Crippen MR) is 46.2 cm³/mol. The summed E-state index contributed by atoms with van der Waals surface area (Å²) in [7, 11) is 1.84. The van der Waals surface area contributed by atoms with E-state index in [4.69, 9.17) is 4.84 Å². The highest BCUT2D eigenvalue weighted by Crippen LogP contribution is 2.24. The van der Waals surface area contributed by atoms with Gasteiger partial charge in [0.1, 0.15) is 6.26 Å². The van der Waals surface area contributed by atoms with Crippen LogP contribution in [0.15, 0.2) is 11.8 Å². The average molecular weight is 169 g/mol. The van der Waals surface area contributed by atoms with Gasteiger partial charge in [-0.3, -0.25) is 4.79 Å². The molecule has 0 saturated heterocycles. The van der Waals surface area contributed by atoms with Crippen molar-refractivity contribution in [2.45, 2.75) is 26.8 Å². The summed E-state index contributed by atoms with van der Waals surface area (Å²) < 4.78 is 0. The van der Waals surface area contributed by atoms with Gasteiger partial charge in [-0.15, -0.1) is 5.06 Å². The maximum atomic E-state index is 11.1. The van der Waals surface area contributed by atoms with Gasteiger partial charge >= 0.3 is 0 Å². The summed E-state index contributed by atoms with van der Waals surface area (Å²) in [5.41, 5.74) is 0.771. The standard InChI is InChI=1S/C9H15NO2/c1-6(2)9-8(7(3)11)5-12-10(9)4/h5-6,9H,1-4H3. The number of nitrogens with zero attached hydrogens (tertiary/aromatic N) is 1. The van der Waals surface area contributed by atoms with Crippen molar-refractivity contribution in [2.24, 2.45) is 5.92 Å². The van der Waals surface area contributed by atoms with Gasteiger partial charge in [0.2, 0.25) is 0 Å². The highest BCUT2D eigenvalue weighted by molar-refractivity contribution is 5.94. The van der Waals surface area contributed by atoms with Gasteiger partial charge in [0, 0.05) is 7.05 Å². The zero-order valence-corrected chi connectivity index (χ0v) is 8.00. The third kappa shape index (κ3) is 1.50. The summed E-state index contributed by atoms with van der Waals surface area (Å²) in [5.74, 6) is 0.491. The van der Waals surface area contributed by atoms with Crippen LogP contribution in [0, 0.1) is 5.92 Å². The van der Waals surface area contributed by atoms with Crippen molar-refractivity contribution < 1.29 is 9.63 Å². The molecule has 0 radical (unpaired) electrons. The summed E-state index contributed by atoms with van der Waals surface area (Å²) in [6, 6.07) is 0.113. The monoisotopic (exact) mass is 169 g/mol. The van der Waals surface area contributed by atoms with Crippen molar-refractivity contribution in [3.05, 3.63) is 11.8 Å². The van der Waals surface area contributed by atoms with Gasteiger partial charge in [-0.2, -0.15) is 0 Å². The van der Waals surface area contributed by atoms with E-state index < -0.39 is 0 Å². The number of likely N-dealkylation sites (N-methyl/N-ethyl adjacent to an activating group) is 1. The topological polar surface area (TPSA) is 29.5 Å². The first-order valence-corrected chi connectivity index (χ1v) is 4.14. The number of ketones is 1. The second-order valence-electron chi connectivity index (χ2n) is 3.47. The molecule has 12 heavy (non-hydrogen) atoms. The summed E-state index contributed by atoms with van der Waals surface area (Å²) in [6.45, 7) is 5.73. The first-order valence-electron chi connectivity index (χ1n) is 4.14. The second kappa shape index (κ2) is 3.27. The van der Waals surface area contributed by atoms with Crippen molar-refractivity contribution >= 4 is 5.78 Å². The van der Waals surface area contributed by atoms with Crippen LogP contribution in [-0.4, -0.2) is 23.9 Å². The van der Waals surface area contributed by atoms with Crippen molar-refractivity contribution in [1.29, 1.82) is 0 Å². The van der Waals surface area contributed by atoms with Gasteiger partial charge in [-0.1, -0.05) is 13.8 Å². The zero-order chi connectivity index (χ0) is 9.30. The Morgan fingerprint density at radius 1 is 1.67 bits per heavy atom. The Hall–Kier alpha value is -0.830. The molecular weight excluding hydrogens is 154 g/mol. The molecule has 0 N–H and O–H groups in total. The third-order valence-corrected chi connectivity index (χ3v) is 2.09. The van der Waals surface area contributed by atoms with Crippen LogP contribution >= 0.6 is 0 Å². The third-order valence-electron chi connectivity index (χ3n) is 2.09.